The summed E-state index contributed by atoms with van der Waals surface area (Å²) in [6.45, 7) is 12.0. The molecule has 15 heteroatoms. The summed E-state index contributed by atoms with van der Waals surface area (Å²) in [5.74, 6) is -1.19. The van der Waals surface area contributed by atoms with Gasteiger partial charge in [0, 0.05) is 30.2 Å². The smallest absolute Gasteiger partial charge is 0.407 e. The first kappa shape index (κ1) is 46.4. The SMILES string of the molecule is COC(=O)N[C@H](C(=O)N1CCC[C@H]1C(=O)Nc1ccc([C@H]2CC[C@@H](c3ccc(NC(=O)[C@@H]4CCCN4C(=O)[C@@H](NC(=O)OC)C(C)(C)C)cc3)N2c2ccccc2)cc1)C(C)(C)C. The molecule has 0 aliphatic carbocycles. The maximum atomic E-state index is 13.7. The van der Waals surface area contributed by atoms with E-state index < -0.39 is 47.2 Å². The lowest BCUT2D eigenvalue weighted by Gasteiger charge is -2.35. The molecule has 0 radical (unpaired) electrons. The van der Waals surface area contributed by atoms with Crippen molar-refractivity contribution >= 4 is 52.9 Å². The summed E-state index contributed by atoms with van der Waals surface area (Å²) in [5, 5.41) is 11.4. The van der Waals surface area contributed by atoms with Crippen molar-refractivity contribution in [1.29, 1.82) is 0 Å². The first-order valence-corrected chi connectivity index (χ1v) is 21.9. The minimum Gasteiger partial charge on any atom is -0.453 e. The Morgan fingerprint density at radius 1 is 0.556 bits per heavy atom. The number of hydrogen-bond donors (Lipinski definition) is 4. The number of methoxy groups -OCH3 is 2. The molecule has 4 N–H and O–H groups in total. The second kappa shape index (κ2) is 19.5. The third kappa shape index (κ3) is 10.7. The van der Waals surface area contributed by atoms with Crippen LogP contribution in [0.4, 0.5) is 26.7 Å². The maximum absolute atomic E-state index is 13.7. The number of ether oxygens (including phenoxy) is 2. The molecule has 3 aliphatic rings. The Morgan fingerprint density at radius 3 is 1.29 bits per heavy atom. The molecule has 3 aliphatic heterocycles. The highest BCUT2D eigenvalue weighted by molar-refractivity contribution is 6.00. The van der Waals surface area contributed by atoms with Crippen LogP contribution in [0.15, 0.2) is 78.9 Å². The molecule has 6 atom stereocenters. The van der Waals surface area contributed by atoms with Gasteiger partial charge in [-0.25, -0.2) is 9.59 Å². The summed E-state index contributed by atoms with van der Waals surface area (Å²) in [7, 11) is 2.50. The van der Waals surface area contributed by atoms with Crippen molar-refractivity contribution in [3.63, 3.8) is 0 Å². The highest BCUT2D eigenvalue weighted by atomic mass is 16.5. The highest BCUT2D eigenvalue weighted by Gasteiger charge is 2.44. The van der Waals surface area contributed by atoms with Gasteiger partial charge in [0.25, 0.3) is 0 Å². The van der Waals surface area contributed by atoms with Crippen LogP contribution in [0.3, 0.4) is 0 Å². The molecule has 3 saturated heterocycles. The Bertz CT molecular complexity index is 1990. The Balaban J connectivity index is 1.13. The molecule has 3 fully saturated rings. The molecule has 15 nitrogen and oxygen atoms in total. The van der Waals surface area contributed by atoms with Gasteiger partial charge in [0.15, 0.2) is 0 Å². The average Bonchev–Trinajstić information content (AvgIpc) is 4.05. The van der Waals surface area contributed by atoms with Crippen LogP contribution in [0.5, 0.6) is 0 Å². The second-order valence-corrected chi connectivity index (χ2v) is 18.8. The van der Waals surface area contributed by atoms with Crippen molar-refractivity contribution in [2.45, 2.75) is 116 Å². The van der Waals surface area contributed by atoms with Gasteiger partial charge in [-0.05, 0) is 96.9 Å². The highest BCUT2D eigenvalue weighted by Crippen LogP contribution is 2.47. The molecule has 3 aromatic carbocycles. The summed E-state index contributed by atoms with van der Waals surface area (Å²) >= 11 is 0. The molecule has 3 aromatic rings. The number of likely N-dealkylation sites (tertiary alicyclic amines) is 2. The summed E-state index contributed by atoms with van der Waals surface area (Å²) in [6, 6.07) is 23.0. The number of carbonyl (C=O) groups excluding carboxylic acids is 6. The average molecular weight is 866 g/mol. The number of anilines is 3. The van der Waals surface area contributed by atoms with E-state index in [9.17, 15) is 28.8 Å². The molecule has 63 heavy (non-hydrogen) atoms. The van der Waals surface area contributed by atoms with Gasteiger partial charge in [-0.2, -0.15) is 0 Å². The Morgan fingerprint density at radius 2 is 0.937 bits per heavy atom. The fourth-order valence-corrected chi connectivity index (χ4v) is 9.04. The number of rotatable bonds is 11. The lowest BCUT2D eigenvalue weighted by molar-refractivity contribution is -0.140. The first-order chi connectivity index (χ1) is 29.9. The van der Waals surface area contributed by atoms with Gasteiger partial charge in [0.2, 0.25) is 23.6 Å². The molecule has 0 unspecified atom stereocenters. The number of hydrogen-bond acceptors (Lipinski definition) is 9. The van der Waals surface area contributed by atoms with Crippen LogP contribution in [0, 0.1) is 10.8 Å². The molecule has 6 rings (SSSR count). The Labute approximate surface area is 370 Å². The van der Waals surface area contributed by atoms with Crippen LogP contribution < -0.4 is 26.2 Å². The number of amides is 6. The van der Waals surface area contributed by atoms with Gasteiger partial charge in [0.05, 0.1) is 26.3 Å². The van der Waals surface area contributed by atoms with Crippen molar-refractivity contribution in [1.82, 2.24) is 20.4 Å². The number of para-hydroxylation sites is 1. The zero-order valence-corrected chi connectivity index (χ0v) is 37.7. The number of carbonyl (C=O) groups is 6. The summed E-state index contributed by atoms with van der Waals surface area (Å²) in [6.07, 6.45) is 2.74. The summed E-state index contributed by atoms with van der Waals surface area (Å²) in [5.41, 5.74) is 3.29. The molecular formula is C48H63N7O8. The molecule has 0 spiro atoms. The van der Waals surface area contributed by atoms with E-state index >= 15 is 0 Å². The lowest BCUT2D eigenvalue weighted by Crippen LogP contribution is -2.57. The van der Waals surface area contributed by atoms with E-state index in [0.717, 1.165) is 29.7 Å². The first-order valence-electron chi connectivity index (χ1n) is 21.9. The number of alkyl carbamates (subject to hydrolysis) is 2. The number of nitrogens with one attached hydrogen (secondary N) is 4. The van der Waals surface area contributed by atoms with Crippen molar-refractivity contribution in [3.8, 4) is 0 Å². The van der Waals surface area contributed by atoms with E-state index in [0.29, 0.717) is 50.1 Å². The fourth-order valence-electron chi connectivity index (χ4n) is 9.04. The van der Waals surface area contributed by atoms with Crippen molar-refractivity contribution in [2.75, 3.05) is 42.8 Å². The lowest BCUT2D eigenvalue weighted by atomic mass is 9.85. The van der Waals surface area contributed by atoms with Crippen LogP contribution >= 0.6 is 0 Å². The van der Waals surface area contributed by atoms with Gasteiger partial charge < -0.3 is 45.4 Å². The van der Waals surface area contributed by atoms with E-state index in [1.165, 1.54) is 14.2 Å². The number of nitrogens with zero attached hydrogens (tertiary/aromatic N) is 3. The predicted octanol–water partition coefficient (Wildman–Crippen LogP) is 7.17. The molecule has 0 saturated carbocycles. The van der Waals surface area contributed by atoms with E-state index in [2.05, 4.69) is 38.3 Å². The van der Waals surface area contributed by atoms with Crippen LogP contribution in [0.25, 0.3) is 0 Å². The quantitative estimate of drug-likeness (QED) is 0.156. The summed E-state index contributed by atoms with van der Waals surface area (Å²) in [4.78, 5) is 84.6. The number of benzene rings is 3. The Hall–Kier alpha value is -6.12. The predicted molar refractivity (Wildman–Crippen MR) is 241 cm³/mol. The van der Waals surface area contributed by atoms with Gasteiger partial charge in [-0.15, -0.1) is 0 Å². The van der Waals surface area contributed by atoms with Gasteiger partial charge in [-0.3, -0.25) is 19.2 Å². The second-order valence-electron chi connectivity index (χ2n) is 18.8. The van der Waals surface area contributed by atoms with E-state index in [1.807, 2.05) is 108 Å². The van der Waals surface area contributed by atoms with Crippen molar-refractivity contribution in [2.24, 2.45) is 10.8 Å². The Kier molecular flexibility index (Phi) is 14.4. The fraction of sp³-hybridized carbons (Fsp3) is 0.500. The van der Waals surface area contributed by atoms with E-state index in [-0.39, 0.29) is 35.7 Å². The standard InChI is InChI=1S/C48H63N7O8/c1-47(2,3)39(51-45(60)62-7)43(58)53-28-12-16-37(53)41(56)49-32-22-18-30(19-23-32)35-26-27-36(55(35)34-14-10-9-11-15-34)31-20-24-33(25-21-31)50-42(57)38-17-13-29-54(38)44(59)40(48(4,5)6)52-46(61)63-8/h9-11,14-15,18-25,35-40H,12-13,16-17,26-29H2,1-8H3,(H,49,56)(H,50,57)(H,51,60)(H,52,61)/t35-,36+,37-,38-,39+,40+/m0/s1. The third-order valence-electron chi connectivity index (χ3n) is 12.4. The zero-order chi connectivity index (χ0) is 45.6. The molecule has 6 amide bonds. The van der Waals surface area contributed by atoms with Gasteiger partial charge in [-0.1, -0.05) is 84.0 Å². The largest absolute Gasteiger partial charge is 0.453 e. The molecular weight excluding hydrogens is 803 g/mol. The molecule has 338 valence electrons. The van der Waals surface area contributed by atoms with Gasteiger partial charge >= 0.3 is 12.2 Å². The molecule has 0 aromatic heterocycles. The molecule has 3 heterocycles. The molecule has 0 bridgehead atoms. The van der Waals surface area contributed by atoms with Crippen molar-refractivity contribution < 1.29 is 38.2 Å². The monoisotopic (exact) mass is 865 g/mol. The topological polar surface area (TPSA) is 179 Å². The van der Waals surface area contributed by atoms with E-state index in [1.54, 1.807) is 9.80 Å². The third-order valence-corrected chi connectivity index (χ3v) is 12.4. The zero-order valence-electron chi connectivity index (χ0n) is 37.7. The van der Waals surface area contributed by atoms with Crippen LogP contribution in [0.2, 0.25) is 0 Å². The normalized spacial score (nSPS) is 21.0. The maximum Gasteiger partial charge on any atom is 0.407 e. The summed E-state index contributed by atoms with van der Waals surface area (Å²) < 4.78 is 9.55. The van der Waals surface area contributed by atoms with Crippen LogP contribution in [0.1, 0.15) is 103 Å². The minimum absolute atomic E-state index is 0.0394. The van der Waals surface area contributed by atoms with Gasteiger partial charge in [0.1, 0.15) is 24.2 Å². The van der Waals surface area contributed by atoms with Crippen molar-refractivity contribution in [3.05, 3.63) is 90.0 Å². The minimum atomic E-state index is -0.863. The van der Waals surface area contributed by atoms with E-state index in [4.69, 9.17) is 9.47 Å². The van der Waals surface area contributed by atoms with Crippen LogP contribution in [-0.2, 0) is 28.7 Å². The van der Waals surface area contributed by atoms with Crippen LogP contribution in [-0.4, -0.2) is 97.1 Å².